The maximum Gasteiger partial charge on any atom is 0.414 e. The topological polar surface area (TPSA) is 157 Å². The molecular formula is C34H43N7O6S. The molecule has 0 aliphatic rings. The van der Waals surface area contributed by atoms with Gasteiger partial charge in [-0.15, -0.1) is 0 Å². The quantitative estimate of drug-likeness (QED) is 0.181. The Morgan fingerprint density at radius 3 is 2.33 bits per heavy atom. The van der Waals surface area contributed by atoms with Crippen molar-refractivity contribution in [2.45, 2.75) is 45.6 Å². The van der Waals surface area contributed by atoms with Gasteiger partial charge in [-0.2, -0.15) is 0 Å². The summed E-state index contributed by atoms with van der Waals surface area (Å²) in [7, 11) is 1.70. The van der Waals surface area contributed by atoms with Crippen molar-refractivity contribution in [3.05, 3.63) is 89.1 Å². The molecule has 1 aromatic heterocycles. The third kappa shape index (κ3) is 9.55. The van der Waals surface area contributed by atoms with Crippen molar-refractivity contribution in [1.82, 2.24) is 25.2 Å². The molecule has 1 atom stereocenters. The van der Waals surface area contributed by atoms with Crippen LogP contribution in [0.5, 0.6) is 11.6 Å². The Balaban J connectivity index is 1.55. The van der Waals surface area contributed by atoms with Crippen LogP contribution in [0, 0.1) is 6.92 Å². The van der Waals surface area contributed by atoms with Gasteiger partial charge in [0.1, 0.15) is 0 Å². The molecule has 1 heterocycles. The summed E-state index contributed by atoms with van der Waals surface area (Å²) in [6.07, 6.45) is 2.51. The largest absolute Gasteiger partial charge is 0.492 e. The van der Waals surface area contributed by atoms with E-state index in [9.17, 15) is 18.0 Å². The first-order valence-electron chi connectivity index (χ1n) is 15.3. The van der Waals surface area contributed by atoms with Gasteiger partial charge in [-0.25, -0.2) is 17.9 Å². The van der Waals surface area contributed by atoms with Crippen molar-refractivity contribution in [2.75, 3.05) is 44.0 Å². The molecule has 2 amide bonds. The van der Waals surface area contributed by atoms with Crippen molar-refractivity contribution in [3.8, 4) is 17.3 Å². The van der Waals surface area contributed by atoms with E-state index in [4.69, 9.17) is 9.47 Å². The Bertz CT molecular complexity index is 1870. The molecule has 0 aliphatic heterocycles. The average molecular weight is 678 g/mol. The van der Waals surface area contributed by atoms with E-state index in [1.807, 2.05) is 77.0 Å². The molecule has 13 nitrogen and oxygen atoms in total. The molecule has 4 rings (SSSR count). The highest BCUT2D eigenvalue weighted by molar-refractivity contribution is 7.92. The number of ether oxygens (including phenoxy) is 2. The molecule has 3 N–H and O–H groups in total. The fourth-order valence-electron chi connectivity index (χ4n) is 4.92. The lowest BCUT2D eigenvalue weighted by Gasteiger charge is -2.24. The summed E-state index contributed by atoms with van der Waals surface area (Å²) < 4.78 is 39.1. The van der Waals surface area contributed by atoms with E-state index in [1.165, 1.54) is 18.0 Å². The Morgan fingerprint density at radius 1 is 1.02 bits per heavy atom. The van der Waals surface area contributed by atoms with Crippen molar-refractivity contribution in [2.24, 2.45) is 0 Å². The Morgan fingerprint density at radius 2 is 1.71 bits per heavy atom. The van der Waals surface area contributed by atoms with Gasteiger partial charge in [0.25, 0.3) is 11.8 Å². The van der Waals surface area contributed by atoms with Crippen LogP contribution in [0.3, 0.4) is 0 Å². The molecule has 48 heavy (non-hydrogen) atoms. The van der Waals surface area contributed by atoms with Gasteiger partial charge in [0.2, 0.25) is 10.0 Å². The molecule has 0 saturated heterocycles. The van der Waals surface area contributed by atoms with Gasteiger partial charge in [-0.1, -0.05) is 67.5 Å². The summed E-state index contributed by atoms with van der Waals surface area (Å²) in [5.41, 5.74) is 3.48. The number of anilines is 2. The summed E-state index contributed by atoms with van der Waals surface area (Å²) in [6, 6.07) is 17.9. The van der Waals surface area contributed by atoms with E-state index >= 15 is 0 Å². The van der Waals surface area contributed by atoms with Crippen molar-refractivity contribution >= 4 is 33.4 Å². The smallest absolute Gasteiger partial charge is 0.414 e. The first-order chi connectivity index (χ1) is 22.5. The number of aryl methyl sites for hydroxylation is 1. The number of carbonyl (C=O) groups excluding carboxylic acids is 2. The molecule has 256 valence electrons. The number of nitrogens with zero attached hydrogens (tertiary/aromatic N) is 4. The first kappa shape index (κ1) is 35.9. The second-order valence-corrected chi connectivity index (χ2v) is 14.5. The maximum atomic E-state index is 13.6. The van der Waals surface area contributed by atoms with Gasteiger partial charge in [0.15, 0.2) is 5.75 Å². The predicted molar refractivity (Wildman–Crippen MR) is 186 cm³/mol. The molecule has 0 radical (unpaired) electrons. The highest BCUT2D eigenvalue weighted by Gasteiger charge is 2.23. The van der Waals surface area contributed by atoms with Crippen LogP contribution in [-0.4, -0.2) is 74.3 Å². The second-order valence-electron chi connectivity index (χ2n) is 12.8. The third-order valence-electron chi connectivity index (χ3n) is 7.45. The van der Waals surface area contributed by atoms with Gasteiger partial charge in [0, 0.05) is 5.56 Å². The normalized spacial score (nSPS) is 12.4. The summed E-state index contributed by atoms with van der Waals surface area (Å²) in [6.45, 7) is 8.53. The van der Waals surface area contributed by atoms with Crippen molar-refractivity contribution in [3.63, 3.8) is 0 Å². The fraction of sp³-hybridized carbons (Fsp3) is 0.353. The SMILES string of the molecule is COc1c(NC(=O)c2ccc(C)c(-n3cc(OC(=O)N[C@H](CCN(C)C)c4ccccc4)nn3)c2)cc(C(C)(C)C)cc1NS(C)(=O)=O. The standard InChI is InChI=1S/C34H43N7O6S/c1-22-14-15-24(32(42)35-27-19-25(34(2,3)4)20-28(31(27)46-7)38-48(8,44)45)18-29(22)41-21-30(37-39-41)47-33(43)36-26(16-17-40(5)6)23-12-10-9-11-13-23/h9-15,18-21,26,38H,16-17H2,1-8H3,(H,35,42)(H,36,43)/t26-/m1/s1. The molecule has 0 unspecified atom stereocenters. The number of sulfonamides is 1. The van der Waals surface area contributed by atoms with Crippen LogP contribution in [0.4, 0.5) is 16.2 Å². The Kier molecular flexibility index (Phi) is 11.1. The molecule has 4 aromatic rings. The monoisotopic (exact) mass is 677 g/mol. The van der Waals surface area contributed by atoms with E-state index in [0.29, 0.717) is 23.4 Å². The zero-order valence-corrected chi connectivity index (χ0v) is 29.3. The summed E-state index contributed by atoms with van der Waals surface area (Å²) >= 11 is 0. The molecule has 0 bridgehead atoms. The number of carbonyl (C=O) groups is 2. The summed E-state index contributed by atoms with van der Waals surface area (Å²) in [5, 5.41) is 13.9. The number of hydrogen-bond acceptors (Lipinski definition) is 9. The van der Waals surface area contributed by atoms with Crippen LogP contribution in [0.1, 0.15) is 60.3 Å². The van der Waals surface area contributed by atoms with Crippen molar-refractivity contribution < 1.29 is 27.5 Å². The van der Waals surface area contributed by atoms with Gasteiger partial charge in [-0.3, -0.25) is 9.52 Å². The Hall–Kier alpha value is -4.95. The maximum absolute atomic E-state index is 13.6. The number of rotatable bonds is 12. The molecule has 0 aliphatic carbocycles. The van der Waals surface area contributed by atoms with Crippen LogP contribution in [0.15, 0.2) is 66.9 Å². The lowest BCUT2D eigenvalue weighted by molar-refractivity contribution is 0.102. The summed E-state index contributed by atoms with van der Waals surface area (Å²) in [5.74, 6) is -0.316. The lowest BCUT2D eigenvalue weighted by Crippen LogP contribution is -2.33. The van der Waals surface area contributed by atoms with Gasteiger partial charge < -0.3 is 25.0 Å². The highest BCUT2D eigenvalue weighted by atomic mass is 32.2. The third-order valence-corrected chi connectivity index (χ3v) is 8.04. The number of aromatic nitrogens is 3. The lowest BCUT2D eigenvalue weighted by atomic mass is 9.86. The molecule has 0 spiro atoms. The number of methoxy groups -OCH3 is 1. The van der Waals surface area contributed by atoms with Gasteiger partial charge in [0.05, 0.1) is 42.7 Å². The molecular weight excluding hydrogens is 634 g/mol. The number of nitrogens with one attached hydrogen (secondary N) is 3. The minimum absolute atomic E-state index is 0.0178. The van der Waals surface area contributed by atoms with E-state index in [-0.39, 0.29) is 28.8 Å². The zero-order valence-electron chi connectivity index (χ0n) is 28.5. The minimum atomic E-state index is -3.64. The van der Waals surface area contributed by atoms with E-state index in [0.717, 1.165) is 29.5 Å². The molecule has 14 heteroatoms. The van der Waals surface area contributed by atoms with E-state index < -0.39 is 22.0 Å². The number of amides is 2. The number of benzene rings is 3. The molecule has 0 saturated carbocycles. The van der Waals surface area contributed by atoms with Gasteiger partial charge >= 0.3 is 6.09 Å². The van der Waals surface area contributed by atoms with Crippen molar-refractivity contribution in [1.29, 1.82) is 0 Å². The minimum Gasteiger partial charge on any atom is -0.492 e. The number of hydrogen-bond donors (Lipinski definition) is 3. The second kappa shape index (κ2) is 14.9. The first-order valence-corrected chi connectivity index (χ1v) is 17.2. The van der Waals surface area contributed by atoms with Crippen LogP contribution < -0.4 is 24.8 Å². The van der Waals surface area contributed by atoms with Crippen LogP contribution in [0.25, 0.3) is 5.69 Å². The fourth-order valence-corrected chi connectivity index (χ4v) is 5.47. The molecule has 0 fully saturated rings. The van der Waals surface area contributed by atoms with E-state index in [2.05, 4.69) is 25.7 Å². The predicted octanol–water partition coefficient (Wildman–Crippen LogP) is 5.29. The van der Waals surface area contributed by atoms with Crippen LogP contribution in [0.2, 0.25) is 0 Å². The summed E-state index contributed by atoms with van der Waals surface area (Å²) in [4.78, 5) is 28.5. The zero-order chi connectivity index (χ0) is 35.2. The van der Waals surface area contributed by atoms with Gasteiger partial charge in [-0.05, 0) is 80.4 Å². The van der Waals surface area contributed by atoms with E-state index in [1.54, 1.807) is 30.3 Å². The average Bonchev–Trinajstić information content (AvgIpc) is 3.46. The Labute approximate surface area is 281 Å². The molecule has 3 aromatic carbocycles. The highest BCUT2D eigenvalue weighted by Crippen LogP contribution is 2.39. The van der Waals surface area contributed by atoms with Crippen LogP contribution >= 0.6 is 0 Å². The van der Waals surface area contributed by atoms with Crippen LogP contribution in [-0.2, 0) is 15.4 Å².